The van der Waals surface area contributed by atoms with Gasteiger partial charge in [-0.25, -0.2) is 4.98 Å². The molecule has 0 atom stereocenters. The Hall–Kier alpha value is -1.68. The molecule has 0 amide bonds. The van der Waals surface area contributed by atoms with E-state index in [9.17, 15) is 0 Å². The molecule has 2 aromatic heterocycles. The van der Waals surface area contributed by atoms with Crippen molar-refractivity contribution in [2.75, 3.05) is 0 Å². The monoisotopic (exact) mass is 218 g/mol. The highest BCUT2D eigenvalue weighted by molar-refractivity contribution is 6.34. The zero-order valence-electron chi connectivity index (χ0n) is 7.98. The molecule has 0 saturated heterocycles. The summed E-state index contributed by atoms with van der Waals surface area (Å²) in [6.07, 6.45) is 0. The Morgan fingerprint density at radius 1 is 1.13 bits per heavy atom. The predicted octanol–water partition coefficient (Wildman–Crippen LogP) is 2.17. The van der Waals surface area contributed by atoms with Crippen LogP contribution in [0.3, 0.4) is 0 Å². The third-order valence-electron chi connectivity index (χ3n) is 2.29. The molecule has 0 unspecified atom stereocenters. The Kier molecular flexibility index (Phi) is 1.67. The normalized spacial score (nSPS) is 11.3. The lowest BCUT2D eigenvalue weighted by molar-refractivity contribution is 0.665. The van der Waals surface area contributed by atoms with Crippen molar-refractivity contribution in [2.45, 2.75) is 0 Å². The first kappa shape index (κ1) is 8.61. The molecular formula is C10H7ClN4. The van der Waals surface area contributed by atoms with Gasteiger partial charge < -0.3 is 0 Å². The summed E-state index contributed by atoms with van der Waals surface area (Å²) in [5.74, 6) is 0. The van der Waals surface area contributed by atoms with E-state index in [4.69, 9.17) is 11.6 Å². The molecule has 3 rings (SSSR count). The molecule has 2 heterocycles. The van der Waals surface area contributed by atoms with Crippen LogP contribution in [0.1, 0.15) is 0 Å². The summed E-state index contributed by atoms with van der Waals surface area (Å²) >= 11 is 6.02. The third-order valence-corrected chi connectivity index (χ3v) is 2.55. The lowest BCUT2D eigenvalue weighted by Gasteiger charge is -1.97. The van der Waals surface area contributed by atoms with Gasteiger partial charge in [0, 0.05) is 12.4 Å². The minimum Gasteiger partial charge on any atom is -0.234 e. The first-order valence-electron chi connectivity index (χ1n) is 4.51. The number of hydrogen-bond acceptors (Lipinski definition) is 3. The van der Waals surface area contributed by atoms with Crippen molar-refractivity contribution in [2.24, 2.45) is 7.05 Å². The Bertz CT molecular complexity index is 659. The van der Waals surface area contributed by atoms with E-state index >= 15 is 0 Å². The number of nitrogens with zero attached hydrogens (tertiary/aromatic N) is 4. The van der Waals surface area contributed by atoms with Crippen molar-refractivity contribution in [3.63, 3.8) is 0 Å². The highest BCUT2D eigenvalue weighted by atomic mass is 35.5. The van der Waals surface area contributed by atoms with Crippen molar-refractivity contribution in [1.29, 1.82) is 0 Å². The average Bonchev–Trinajstić information content (AvgIpc) is 2.61. The summed E-state index contributed by atoms with van der Waals surface area (Å²) in [4.78, 5) is 5.77. The van der Waals surface area contributed by atoms with Gasteiger partial charge in [-0.1, -0.05) is 29.8 Å². The molecule has 4 nitrogen and oxygen atoms in total. The fourth-order valence-electron chi connectivity index (χ4n) is 1.66. The smallest absolute Gasteiger partial charge is 0.159 e. The Labute approximate surface area is 90.5 Å². The van der Waals surface area contributed by atoms with Crippen LogP contribution >= 0.6 is 11.6 Å². The number of halogens is 1. The number of pyridine rings is 1. The molecule has 0 bridgehead atoms. The van der Waals surface area contributed by atoms with Crippen molar-refractivity contribution in [3.8, 4) is 0 Å². The summed E-state index contributed by atoms with van der Waals surface area (Å²) in [5, 5.41) is 9.83. The second kappa shape index (κ2) is 2.90. The lowest BCUT2D eigenvalue weighted by atomic mass is 10.2. The average molecular weight is 219 g/mol. The molecule has 0 saturated carbocycles. The molecule has 1 aromatic carbocycles. The van der Waals surface area contributed by atoms with E-state index in [0.29, 0.717) is 10.7 Å². The van der Waals surface area contributed by atoms with Crippen LogP contribution in [-0.2, 0) is 7.05 Å². The minimum absolute atomic E-state index is 0.400. The SMILES string of the molecule is Cn1nc2c(Cl)nc3ccccc3c2n1. The summed E-state index contributed by atoms with van der Waals surface area (Å²) in [6.45, 7) is 0. The molecule has 0 aliphatic rings. The van der Waals surface area contributed by atoms with Gasteiger partial charge in [-0.3, -0.25) is 0 Å². The molecule has 0 radical (unpaired) electrons. The van der Waals surface area contributed by atoms with Crippen LogP contribution < -0.4 is 0 Å². The second-order valence-electron chi connectivity index (χ2n) is 3.31. The fourth-order valence-corrected chi connectivity index (χ4v) is 1.88. The van der Waals surface area contributed by atoms with E-state index in [1.165, 1.54) is 4.80 Å². The molecule has 3 aromatic rings. The summed E-state index contributed by atoms with van der Waals surface area (Å²) < 4.78 is 0. The number of fused-ring (bicyclic) bond motifs is 3. The minimum atomic E-state index is 0.400. The molecule has 0 spiro atoms. The van der Waals surface area contributed by atoms with Crippen LogP contribution in [0.2, 0.25) is 5.15 Å². The zero-order chi connectivity index (χ0) is 10.4. The topological polar surface area (TPSA) is 43.6 Å². The van der Waals surface area contributed by atoms with Gasteiger partial charge >= 0.3 is 0 Å². The Morgan fingerprint density at radius 2 is 1.87 bits per heavy atom. The molecule has 0 fully saturated rings. The number of rotatable bonds is 0. The first-order chi connectivity index (χ1) is 7.25. The van der Waals surface area contributed by atoms with E-state index in [1.807, 2.05) is 24.3 Å². The van der Waals surface area contributed by atoms with Crippen LogP contribution in [0.15, 0.2) is 24.3 Å². The lowest BCUT2D eigenvalue weighted by Crippen LogP contribution is -1.90. The summed E-state index contributed by atoms with van der Waals surface area (Å²) in [6, 6.07) is 7.75. The molecular weight excluding hydrogens is 212 g/mol. The maximum atomic E-state index is 6.02. The van der Waals surface area contributed by atoms with Gasteiger partial charge in [0.15, 0.2) is 10.7 Å². The van der Waals surface area contributed by atoms with E-state index in [0.717, 1.165) is 16.4 Å². The van der Waals surface area contributed by atoms with Crippen LogP contribution in [0, 0.1) is 0 Å². The molecule has 0 aliphatic carbocycles. The molecule has 74 valence electrons. The number of hydrogen-bond donors (Lipinski definition) is 0. The second-order valence-corrected chi connectivity index (χ2v) is 3.66. The fraction of sp³-hybridized carbons (Fsp3) is 0.100. The van der Waals surface area contributed by atoms with E-state index in [1.54, 1.807) is 7.05 Å². The highest BCUT2D eigenvalue weighted by Gasteiger charge is 2.10. The van der Waals surface area contributed by atoms with Gasteiger partial charge in [-0.15, -0.1) is 0 Å². The van der Waals surface area contributed by atoms with Crippen LogP contribution in [0.25, 0.3) is 21.9 Å². The van der Waals surface area contributed by atoms with E-state index in [2.05, 4.69) is 15.2 Å². The number of aryl methyl sites for hydroxylation is 1. The molecule has 15 heavy (non-hydrogen) atoms. The van der Waals surface area contributed by atoms with Crippen molar-refractivity contribution in [1.82, 2.24) is 20.0 Å². The van der Waals surface area contributed by atoms with E-state index < -0.39 is 0 Å². The van der Waals surface area contributed by atoms with Crippen molar-refractivity contribution in [3.05, 3.63) is 29.4 Å². The quantitative estimate of drug-likeness (QED) is 0.543. The van der Waals surface area contributed by atoms with Crippen molar-refractivity contribution < 1.29 is 0 Å². The molecule has 5 heteroatoms. The maximum absolute atomic E-state index is 6.02. The van der Waals surface area contributed by atoms with Crippen molar-refractivity contribution >= 4 is 33.5 Å². The van der Waals surface area contributed by atoms with E-state index in [-0.39, 0.29) is 0 Å². The predicted molar refractivity (Wildman–Crippen MR) is 58.8 cm³/mol. The third kappa shape index (κ3) is 1.18. The van der Waals surface area contributed by atoms with Crippen LogP contribution in [-0.4, -0.2) is 20.0 Å². The largest absolute Gasteiger partial charge is 0.234 e. The molecule has 0 N–H and O–H groups in total. The number of benzene rings is 1. The van der Waals surface area contributed by atoms with Gasteiger partial charge in [-0.2, -0.15) is 15.0 Å². The number of aromatic nitrogens is 4. The molecule has 0 aliphatic heterocycles. The van der Waals surface area contributed by atoms with Crippen LogP contribution in [0.4, 0.5) is 0 Å². The Morgan fingerprint density at radius 3 is 2.73 bits per heavy atom. The van der Waals surface area contributed by atoms with Gasteiger partial charge in [0.2, 0.25) is 0 Å². The maximum Gasteiger partial charge on any atom is 0.159 e. The summed E-state index contributed by atoms with van der Waals surface area (Å²) in [5.41, 5.74) is 2.29. The number of para-hydroxylation sites is 1. The van der Waals surface area contributed by atoms with Gasteiger partial charge in [0.1, 0.15) is 5.52 Å². The van der Waals surface area contributed by atoms with Crippen LogP contribution in [0.5, 0.6) is 0 Å². The standard InChI is InChI=1S/C10H7ClN4/c1-15-13-8-6-4-2-3-5-7(6)12-10(11)9(8)14-15/h2-5H,1H3. The first-order valence-corrected chi connectivity index (χ1v) is 4.89. The van der Waals surface area contributed by atoms with Gasteiger partial charge in [-0.05, 0) is 6.07 Å². The zero-order valence-corrected chi connectivity index (χ0v) is 8.73. The Balaban J connectivity index is 2.63. The summed E-state index contributed by atoms with van der Waals surface area (Å²) in [7, 11) is 1.77. The van der Waals surface area contributed by atoms with Gasteiger partial charge in [0.25, 0.3) is 0 Å². The van der Waals surface area contributed by atoms with Gasteiger partial charge in [0.05, 0.1) is 5.52 Å². The highest BCUT2D eigenvalue weighted by Crippen LogP contribution is 2.25.